The first-order chi connectivity index (χ1) is 13.3. The molecular weight excluding hydrogens is 369 g/mol. The van der Waals surface area contributed by atoms with Crippen LogP contribution in [-0.4, -0.2) is 38.7 Å². The molecule has 0 aliphatic carbocycles. The fraction of sp³-hybridized carbons (Fsp3) is 0.250. The molecule has 0 spiro atoms. The van der Waals surface area contributed by atoms with E-state index < -0.39 is 11.7 Å². The molecule has 0 atom stereocenters. The first kappa shape index (κ1) is 19.6. The Morgan fingerprint density at radius 3 is 2.32 bits per heavy atom. The lowest BCUT2D eigenvalue weighted by molar-refractivity contribution is -0.137. The van der Waals surface area contributed by atoms with E-state index in [9.17, 15) is 18.0 Å². The van der Waals surface area contributed by atoms with Crippen LogP contribution in [0.3, 0.4) is 0 Å². The fourth-order valence-electron chi connectivity index (χ4n) is 2.82. The van der Waals surface area contributed by atoms with Crippen LogP contribution in [0.25, 0.3) is 17.1 Å². The van der Waals surface area contributed by atoms with Gasteiger partial charge in [0.25, 0.3) is 5.91 Å². The predicted molar refractivity (Wildman–Crippen MR) is 99.0 cm³/mol. The van der Waals surface area contributed by atoms with E-state index >= 15 is 0 Å². The minimum absolute atomic E-state index is 0.0556. The highest BCUT2D eigenvalue weighted by molar-refractivity contribution is 5.91. The summed E-state index contributed by atoms with van der Waals surface area (Å²) in [7, 11) is 0. The summed E-state index contributed by atoms with van der Waals surface area (Å²) in [6, 6.07) is 13.7. The Bertz CT molecular complexity index is 963. The number of halogens is 3. The third kappa shape index (κ3) is 3.90. The van der Waals surface area contributed by atoms with Crippen molar-refractivity contribution in [1.29, 1.82) is 0 Å². The van der Waals surface area contributed by atoms with E-state index in [1.165, 1.54) is 16.8 Å². The number of alkyl halides is 3. The molecule has 0 radical (unpaired) electrons. The fourth-order valence-corrected chi connectivity index (χ4v) is 2.82. The number of hydrogen-bond donors (Lipinski definition) is 0. The SMILES string of the molecule is CCN(CC)C(=O)c1nc(-c2ccccc2)n(-c2cccc(C(F)(F)F)c2)n1. The van der Waals surface area contributed by atoms with Crippen molar-refractivity contribution >= 4 is 5.91 Å². The summed E-state index contributed by atoms with van der Waals surface area (Å²) in [6.45, 7) is 4.63. The number of hydrogen-bond acceptors (Lipinski definition) is 3. The molecule has 3 rings (SSSR count). The van der Waals surface area contributed by atoms with Crippen LogP contribution in [0.5, 0.6) is 0 Å². The van der Waals surface area contributed by atoms with Crippen molar-refractivity contribution < 1.29 is 18.0 Å². The van der Waals surface area contributed by atoms with Crippen LogP contribution in [0, 0.1) is 0 Å². The summed E-state index contributed by atoms with van der Waals surface area (Å²) >= 11 is 0. The smallest absolute Gasteiger partial charge is 0.336 e. The maximum absolute atomic E-state index is 13.1. The first-order valence-corrected chi connectivity index (χ1v) is 8.84. The number of carbonyl (C=O) groups excluding carboxylic acids is 1. The van der Waals surface area contributed by atoms with Gasteiger partial charge in [0.05, 0.1) is 11.3 Å². The topological polar surface area (TPSA) is 51.0 Å². The summed E-state index contributed by atoms with van der Waals surface area (Å²) in [5, 5.41) is 4.24. The van der Waals surface area contributed by atoms with Crippen molar-refractivity contribution in [2.24, 2.45) is 0 Å². The average molecular weight is 388 g/mol. The van der Waals surface area contributed by atoms with E-state index in [1.54, 1.807) is 29.2 Å². The monoisotopic (exact) mass is 388 g/mol. The van der Waals surface area contributed by atoms with Gasteiger partial charge in [-0.15, -0.1) is 5.10 Å². The molecule has 5 nitrogen and oxygen atoms in total. The van der Waals surface area contributed by atoms with Crippen LogP contribution in [0.4, 0.5) is 13.2 Å². The van der Waals surface area contributed by atoms with Crippen molar-refractivity contribution in [3.05, 3.63) is 66.0 Å². The third-order valence-corrected chi connectivity index (χ3v) is 4.30. The van der Waals surface area contributed by atoms with E-state index in [0.29, 0.717) is 24.5 Å². The molecule has 146 valence electrons. The number of amides is 1. The van der Waals surface area contributed by atoms with Crippen LogP contribution >= 0.6 is 0 Å². The molecule has 1 aromatic heterocycles. The molecule has 0 N–H and O–H groups in total. The van der Waals surface area contributed by atoms with Gasteiger partial charge in [-0.1, -0.05) is 36.4 Å². The molecule has 0 saturated carbocycles. The van der Waals surface area contributed by atoms with Crippen LogP contribution in [-0.2, 0) is 6.18 Å². The standard InChI is InChI=1S/C20H19F3N4O/c1-3-26(4-2)19(28)17-24-18(14-9-6-5-7-10-14)27(25-17)16-12-8-11-15(13-16)20(21,22)23/h5-13H,3-4H2,1-2H3. The molecule has 0 aliphatic heterocycles. The molecule has 2 aromatic carbocycles. The maximum atomic E-state index is 13.1. The Kier molecular flexibility index (Phi) is 5.48. The van der Waals surface area contributed by atoms with Crippen LogP contribution in [0.15, 0.2) is 54.6 Å². The van der Waals surface area contributed by atoms with Crippen LogP contribution < -0.4 is 0 Å². The number of rotatable bonds is 5. The Labute approximate surface area is 160 Å². The van der Waals surface area contributed by atoms with Gasteiger partial charge >= 0.3 is 6.18 Å². The number of carbonyl (C=O) groups is 1. The van der Waals surface area contributed by atoms with Crippen LogP contribution in [0.2, 0.25) is 0 Å². The summed E-state index contributed by atoms with van der Waals surface area (Å²) in [6.07, 6.45) is -4.48. The number of aromatic nitrogens is 3. The minimum atomic E-state index is -4.48. The van der Waals surface area contributed by atoms with Gasteiger partial charge in [-0.05, 0) is 32.0 Å². The van der Waals surface area contributed by atoms with Gasteiger partial charge in [-0.2, -0.15) is 13.2 Å². The van der Waals surface area contributed by atoms with Crippen LogP contribution in [0.1, 0.15) is 30.0 Å². The Morgan fingerprint density at radius 2 is 1.71 bits per heavy atom. The zero-order valence-corrected chi connectivity index (χ0v) is 15.4. The summed E-state index contributed by atoms with van der Waals surface area (Å²) in [4.78, 5) is 18.6. The van der Waals surface area contributed by atoms with Gasteiger partial charge in [0, 0.05) is 18.7 Å². The highest BCUT2D eigenvalue weighted by atomic mass is 19.4. The molecule has 3 aromatic rings. The van der Waals surface area contributed by atoms with Gasteiger partial charge < -0.3 is 4.90 Å². The molecule has 0 fully saturated rings. The molecule has 0 unspecified atom stereocenters. The molecule has 28 heavy (non-hydrogen) atoms. The molecule has 0 saturated heterocycles. The molecule has 8 heteroatoms. The Balaban J connectivity index is 2.16. The summed E-state index contributed by atoms with van der Waals surface area (Å²) in [5.41, 5.74) is 0.0296. The minimum Gasteiger partial charge on any atom is -0.336 e. The Hall–Kier alpha value is -3.16. The molecule has 1 amide bonds. The lowest BCUT2D eigenvalue weighted by Gasteiger charge is -2.15. The maximum Gasteiger partial charge on any atom is 0.416 e. The van der Waals surface area contributed by atoms with E-state index in [2.05, 4.69) is 10.1 Å². The molecule has 0 bridgehead atoms. The van der Waals surface area contributed by atoms with Gasteiger partial charge in [0.15, 0.2) is 5.82 Å². The molecule has 1 heterocycles. The normalized spacial score (nSPS) is 11.5. The van der Waals surface area contributed by atoms with E-state index in [1.807, 2.05) is 19.9 Å². The van der Waals surface area contributed by atoms with Gasteiger partial charge in [-0.25, -0.2) is 9.67 Å². The van der Waals surface area contributed by atoms with Gasteiger partial charge in [0.2, 0.25) is 5.82 Å². The third-order valence-electron chi connectivity index (χ3n) is 4.30. The quantitative estimate of drug-likeness (QED) is 0.650. The molecule has 0 aliphatic rings. The van der Waals surface area contributed by atoms with Crippen molar-refractivity contribution in [2.45, 2.75) is 20.0 Å². The highest BCUT2D eigenvalue weighted by Crippen LogP contribution is 2.31. The summed E-state index contributed by atoms with van der Waals surface area (Å²) in [5.74, 6) is -0.122. The zero-order valence-electron chi connectivity index (χ0n) is 15.4. The number of benzene rings is 2. The van der Waals surface area contributed by atoms with E-state index in [-0.39, 0.29) is 17.4 Å². The second-order valence-corrected chi connectivity index (χ2v) is 6.06. The summed E-state index contributed by atoms with van der Waals surface area (Å²) < 4.78 is 40.7. The van der Waals surface area contributed by atoms with Gasteiger partial charge in [-0.3, -0.25) is 4.79 Å². The lowest BCUT2D eigenvalue weighted by atomic mass is 10.2. The first-order valence-electron chi connectivity index (χ1n) is 8.84. The van der Waals surface area contributed by atoms with Crippen molar-refractivity contribution in [3.63, 3.8) is 0 Å². The van der Waals surface area contributed by atoms with Crippen molar-refractivity contribution in [3.8, 4) is 17.1 Å². The van der Waals surface area contributed by atoms with E-state index in [4.69, 9.17) is 0 Å². The van der Waals surface area contributed by atoms with Gasteiger partial charge in [0.1, 0.15) is 0 Å². The second kappa shape index (κ2) is 7.84. The largest absolute Gasteiger partial charge is 0.416 e. The van der Waals surface area contributed by atoms with Crippen molar-refractivity contribution in [2.75, 3.05) is 13.1 Å². The number of nitrogens with zero attached hydrogens (tertiary/aromatic N) is 4. The van der Waals surface area contributed by atoms with E-state index in [0.717, 1.165) is 12.1 Å². The average Bonchev–Trinajstić information content (AvgIpc) is 3.14. The van der Waals surface area contributed by atoms with Crippen molar-refractivity contribution in [1.82, 2.24) is 19.7 Å². The zero-order chi connectivity index (χ0) is 20.3. The molecular formula is C20H19F3N4O. The Morgan fingerprint density at radius 1 is 1.04 bits per heavy atom. The highest BCUT2D eigenvalue weighted by Gasteiger charge is 2.31. The lowest BCUT2D eigenvalue weighted by Crippen LogP contribution is -2.31. The second-order valence-electron chi connectivity index (χ2n) is 6.06. The predicted octanol–water partition coefficient (Wildman–Crippen LogP) is 4.44.